The Hall–Kier alpha value is -0.600. The Morgan fingerprint density at radius 2 is 2.15 bits per heavy atom. The van der Waals surface area contributed by atoms with Gasteiger partial charge in [0, 0.05) is 11.1 Å². The molecule has 0 bridgehead atoms. The molecular weight excluding hydrogens is 273 g/mol. The van der Waals surface area contributed by atoms with E-state index in [0.29, 0.717) is 10.9 Å². The van der Waals surface area contributed by atoms with E-state index in [1.54, 1.807) is 12.1 Å². The van der Waals surface area contributed by atoms with Gasteiger partial charge in [-0.05, 0) is 55.0 Å². The highest BCUT2D eigenvalue weighted by Crippen LogP contribution is 2.40. The first-order chi connectivity index (χ1) is 9.65. The summed E-state index contributed by atoms with van der Waals surface area (Å²) in [6, 6.07) is 4.89. The molecule has 0 heterocycles. The van der Waals surface area contributed by atoms with E-state index in [9.17, 15) is 4.39 Å². The number of benzene rings is 1. The predicted octanol–water partition coefficient (Wildman–Crippen LogP) is 5.35. The Labute approximate surface area is 126 Å². The molecule has 0 aliphatic heterocycles. The van der Waals surface area contributed by atoms with E-state index >= 15 is 0 Å². The summed E-state index contributed by atoms with van der Waals surface area (Å²) in [4.78, 5) is 0. The molecule has 0 saturated heterocycles. The van der Waals surface area contributed by atoms with Gasteiger partial charge >= 0.3 is 0 Å². The van der Waals surface area contributed by atoms with Gasteiger partial charge < -0.3 is 5.32 Å². The summed E-state index contributed by atoms with van der Waals surface area (Å²) in [7, 11) is 0. The minimum Gasteiger partial charge on any atom is -0.310 e. The third-order valence-corrected chi connectivity index (χ3v) is 4.93. The van der Waals surface area contributed by atoms with Gasteiger partial charge in [0.05, 0.1) is 0 Å². The summed E-state index contributed by atoms with van der Waals surface area (Å²) < 4.78 is 13.6. The summed E-state index contributed by atoms with van der Waals surface area (Å²) in [5, 5.41) is 4.21. The number of nitrogens with one attached hydrogen (secondary N) is 1. The average Bonchev–Trinajstić information content (AvgIpc) is 2.47. The van der Waals surface area contributed by atoms with E-state index in [4.69, 9.17) is 11.6 Å². The minimum absolute atomic E-state index is 0.178. The second-order valence-electron chi connectivity index (χ2n) is 5.90. The first-order valence-corrected chi connectivity index (χ1v) is 8.21. The van der Waals surface area contributed by atoms with Gasteiger partial charge in [0.25, 0.3) is 0 Å². The van der Waals surface area contributed by atoms with E-state index in [1.807, 2.05) is 0 Å². The van der Waals surface area contributed by atoms with Crippen LogP contribution in [0.2, 0.25) is 5.02 Å². The fraction of sp³-hybridized carbons (Fsp3) is 0.647. The Bertz CT molecular complexity index is 435. The smallest absolute Gasteiger partial charge is 0.123 e. The molecular formula is C17H25ClFN. The van der Waals surface area contributed by atoms with Crippen molar-refractivity contribution in [2.24, 2.45) is 11.8 Å². The molecule has 2 rings (SSSR count). The van der Waals surface area contributed by atoms with Crippen LogP contribution in [-0.2, 0) is 0 Å². The van der Waals surface area contributed by atoms with Gasteiger partial charge in [-0.25, -0.2) is 4.39 Å². The van der Waals surface area contributed by atoms with Crippen LogP contribution in [0.3, 0.4) is 0 Å². The lowest BCUT2D eigenvalue weighted by atomic mass is 9.75. The number of hydrogen-bond acceptors (Lipinski definition) is 1. The highest BCUT2D eigenvalue weighted by atomic mass is 35.5. The largest absolute Gasteiger partial charge is 0.310 e. The van der Waals surface area contributed by atoms with E-state index in [1.165, 1.54) is 38.2 Å². The molecule has 0 radical (unpaired) electrons. The molecule has 20 heavy (non-hydrogen) atoms. The average molecular weight is 298 g/mol. The Morgan fingerprint density at radius 3 is 2.85 bits per heavy atom. The molecule has 0 aromatic heterocycles. The molecule has 1 aromatic carbocycles. The summed E-state index contributed by atoms with van der Waals surface area (Å²) in [5.41, 5.74) is 0.926. The normalized spacial score (nSPS) is 24.6. The number of rotatable bonds is 5. The zero-order chi connectivity index (χ0) is 14.5. The standard InChI is InChI=1S/C17H25ClFN/c1-3-12-6-5-7-13(10-12)17(20-4-2)15-11-14(19)8-9-16(15)18/h8-9,11-13,17,20H,3-7,10H2,1-2H3. The van der Waals surface area contributed by atoms with Gasteiger partial charge in [-0.1, -0.05) is 44.7 Å². The molecule has 0 spiro atoms. The van der Waals surface area contributed by atoms with Crippen molar-refractivity contribution < 1.29 is 4.39 Å². The lowest BCUT2D eigenvalue weighted by molar-refractivity contribution is 0.210. The van der Waals surface area contributed by atoms with Crippen LogP contribution in [0.4, 0.5) is 4.39 Å². The molecule has 0 amide bonds. The zero-order valence-corrected chi connectivity index (χ0v) is 13.2. The van der Waals surface area contributed by atoms with Crippen molar-refractivity contribution in [3.8, 4) is 0 Å². The number of hydrogen-bond donors (Lipinski definition) is 1. The molecule has 1 saturated carbocycles. The molecule has 1 aromatic rings. The van der Waals surface area contributed by atoms with Gasteiger partial charge in [-0.15, -0.1) is 0 Å². The van der Waals surface area contributed by atoms with Crippen LogP contribution >= 0.6 is 11.6 Å². The van der Waals surface area contributed by atoms with Gasteiger partial charge in [0.15, 0.2) is 0 Å². The van der Waals surface area contributed by atoms with Crippen molar-refractivity contribution in [1.29, 1.82) is 0 Å². The monoisotopic (exact) mass is 297 g/mol. The van der Waals surface area contributed by atoms with Crippen LogP contribution in [0.25, 0.3) is 0 Å². The summed E-state index contributed by atoms with van der Waals surface area (Å²) >= 11 is 6.31. The molecule has 1 nitrogen and oxygen atoms in total. The molecule has 3 atom stereocenters. The summed E-state index contributed by atoms with van der Waals surface area (Å²) in [6.07, 6.45) is 6.29. The molecule has 1 N–H and O–H groups in total. The van der Waals surface area contributed by atoms with Crippen molar-refractivity contribution in [3.63, 3.8) is 0 Å². The van der Waals surface area contributed by atoms with Crippen molar-refractivity contribution in [1.82, 2.24) is 5.32 Å². The molecule has 3 heteroatoms. The fourth-order valence-electron chi connectivity index (χ4n) is 3.51. The first kappa shape index (κ1) is 15.8. The SMILES string of the molecule is CCNC(c1cc(F)ccc1Cl)C1CCCC(CC)C1. The van der Waals surface area contributed by atoms with Crippen LogP contribution in [-0.4, -0.2) is 6.54 Å². The Balaban J connectivity index is 2.23. The van der Waals surface area contributed by atoms with E-state index in [-0.39, 0.29) is 11.9 Å². The minimum atomic E-state index is -0.199. The lowest BCUT2D eigenvalue weighted by Crippen LogP contribution is -2.32. The summed E-state index contributed by atoms with van der Waals surface area (Å²) in [6.45, 7) is 5.25. The molecule has 112 valence electrons. The third kappa shape index (κ3) is 3.73. The van der Waals surface area contributed by atoms with E-state index in [2.05, 4.69) is 19.2 Å². The Kier molecular flexibility index (Phi) is 5.86. The van der Waals surface area contributed by atoms with Crippen LogP contribution in [0.15, 0.2) is 18.2 Å². The van der Waals surface area contributed by atoms with E-state index in [0.717, 1.165) is 18.0 Å². The van der Waals surface area contributed by atoms with Crippen LogP contribution in [0.1, 0.15) is 57.6 Å². The van der Waals surface area contributed by atoms with Crippen LogP contribution in [0.5, 0.6) is 0 Å². The summed E-state index contributed by atoms with van der Waals surface area (Å²) in [5.74, 6) is 1.17. The topological polar surface area (TPSA) is 12.0 Å². The highest BCUT2D eigenvalue weighted by molar-refractivity contribution is 6.31. The second-order valence-corrected chi connectivity index (χ2v) is 6.31. The highest BCUT2D eigenvalue weighted by Gasteiger charge is 2.29. The van der Waals surface area contributed by atoms with Crippen molar-refractivity contribution in [2.45, 2.75) is 52.0 Å². The molecule has 3 unspecified atom stereocenters. The maximum atomic E-state index is 13.6. The predicted molar refractivity (Wildman–Crippen MR) is 83.6 cm³/mol. The van der Waals surface area contributed by atoms with E-state index < -0.39 is 0 Å². The van der Waals surface area contributed by atoms with Gasteiger partial charge in [0.2, 0.25) is 0 Å². The van der Waals surface area contributed by atoms with Crippen LogP contribution < -0.4 is 5.32 Å². The van der Waals surface area contributed by atoms with Crippen LogP contribution in [0, 0.1) is 17.7 Å². The van der Waals surface area contributed by atoms with Crippen molar-refractivity contribution in [3.05, 3.63) is 34.6 Å². The fourth-order valence-corrected chi connectivity index (χ4v) is 3.74. The number of halogens is 2. The first-order valence-electron chi connectivity index (χ1n) is 7.84. The van der Waals surface area contributed by atoms with Crippen molar-refractivity contribution >= 4 is 11.6 Å². The van der Waals surface area contributed by atoms with Gasteiger partial charge in [0.1, 0.15) is 5.82 Å². The molecule has 1 aliphatic rings. The zero-order valence-electron chi connectivity index (χ0n) is 12.5. The second kappa shape index (κ2) is 7.42. The quantitative estimate of drug-likeness (QED) is 0.773. The lowest BCUT2D eigenvalue weighted by Gasteiger charge is -2.35. The third-order valence-electron chi connectivity index (χ3n) is 4.59. The molecule has 1 aliphatic carbocycles. The molecule has 1 fully saturated rings. The Morgan fingerprint density at radius 1 is 1.35 bits per heavy atom. The van der Waals surface area contributed by atoms with Gasteiger partial charge in [-0.2, -0.15) is 0 Å². The maximum absolute atomic E-state index is 13.6. The van der Waals surface area contributed by atoms with Crippen molar-refractivity contribution in [2.75, 3.05) is 6.54 Å². The van der Waals surface area contributed by atoms with Gasteiger partial charge in [-0.3, -0.25) is 0 Å². The maximum Gasteiger partial charge on any atom is 0.123 e.